The lowest BCUT2D eigenvalue weighted by Crippen LogP contribution is -2.51. The number of piperidine rings is 1. The first kappa shape index (κ1) is 22.1. The Morgan fingerprint density at radius 1 is 1.12 bits per heavy atom. The predicted octanol–water partition coefficient (Wildman–Crippen LogP) is 3.72. The minimum Gasteiger partial charge on any atom is -0.367 e. The van der Waals surface area contributed by atoms with E-state index in [-0.39, 0.29) is 23.8 Å². The summed E-state index contributed by atoms with van der Waals surface area (Å²) in [6, 6.07) is 13.0. The predicted molar refractivity (Wildman–Crippen MR) is 123 cm³/mol. The topological polar surface area (TPSA) is 64.7 Å². The second kappa shape index (κ2) is 10.0. The molecule has 4 rings (SSSR count). The minimum atomic E-state index is -0.234. The van der Waals surface area contributed by atoms with Gasteiger partial charge in [-0.05, 0) is 55.0 Å². The molecule has 1 saturated heterocycles. The van der Waals surface area contributed by atoms with E-state index in [9.17, 15) is 14.0 Å². The van der Waals surface area contributed by atoms with Gasteiger partial charge in [0.05, 0.1) is 5.69 Å². The molecule has 2 aliphatic rings. The molecular formula is C25H31FN4O2. The quantitative estimate of drug-likeness (QED) is 0.676. The number of amides is 3. The van der Waals surface area contributed by atoms with Crippen molar-refractivity contribution in [3.8, 4) is 0 Å². The van der Waals surface area contributed by atoms with Crippen molar-refractivity contribution < 1.29 is 14.0 Å². The van der Waals surface area contributed by atoms with Gasteiger partial charge in [-0.25, -0.2) is 9.18 Å². The number of halogens is 1. The van der Waals surface area contributed by atoms with Crippen molar-refractivity contribution in [2.24, 2.45) is 0 Å². The Bertz CT molecular complexity index is 955. The second-order valence-corrected chi connectivity index (χ2v) is 8.76. The molecule has 2 aromatic rings. The van der Waals surface area contributed by atoms with E-state index in [1.54, 1.807) is 6.07 Å². The van der Waals surface area contributed by atoms with Crippen LogP contribution in [0.5, 0.6) is 0 Å². The highest BCUT2D eigenvalue weighted by Gasteiger charge is 2.24. The third-order valence-electron chi connectivity index (χ3n) is 6.25. The van der Waals surface area contributed by atoms with Crippen molar-refractivity contribution in [2.45, 2.75) is 51.7 Å². The summed E-state index contributed by atoms with van der Waals surface area (Å²) in [5, 5.41) is 5.85. The van der Waals surface area contributed by atoms with Crippen molar-refractivity contribution in [3.05, 3.63) is 65.0 Å². The normalized spacial score (nSPS) is 17.8. The van der Waals surface area contributed by atoms with E-state index in [4.69, 9.17) is 0 Å². The van der Waals surface area contributed by atoms with Gasteiger partial charge >= 0.3 is 6.03 Å². The molecule has 0 radical (unpaired) electrons. The number of rotatable bonds is 6. The fraction of sp³-hybridized carbons (Fsp3) is 0.440. The summed E-state index contributed by atoms with van der Waals surface area (Å²) < 4.78 is 14.2. The standard InChI is InChI=1S/C25H31FN4O2/c1-18-10-11-22(26)23(14-18)29-13-5-8-21(17-29)28-25(32)27-12-4-9-24(31)30-15-19-6-2-3-7-20(19)16-30/h2-3,6-7,10-11,14,21H,4-5,8-9,12-13,15-17H2,1H3,(H2,27,28,32). The van der Waals surface area contributed by atoms with Crippen LogP contribution in [-0.4, -0.2) is 42.5 Å². The highest BCUT2D eigenvalue weighted by molar-refractivity contribution is 5.77. The molecule has 2 aliphatic heterocycles. The van der Waals surface area contributed by atoms with Crippen LogP contribution in [0.15, 0.2) is 42.5 Å². The second-order valence-electron chi connectivity index (χ2n) is 8.76. The number of fused-ring (bicyclic) bond motifs is 1. The Morgan fingerprint density at radius 2 is 1.88 bits per heavy atom. The van der Waals surface area contributed by atoms with Gasteiger partial charge in [0, 0.05) is 45.2 Å². The van der Waals surface area contributed by atoms with Crippen molar-refractivity contribution in [3.63, 3.8) is 0 Å². The number of carbonyl (C=O) groups is 2. The van der Waals surface area contributed by atoms with Gasteiger partial charge in [-0.15, -0.1) is 0 Å². The zero-order chi connectivity index (χ0) is 22.5. The van der Waals surface area contributed by atoms with Gasteiger partial charge in [0.2, 0.25) is 5.91 Å². The van der Waals surface area contributed by atoms with Gasteiger partial charge in [0.15, 0.2) is 0 Å². The number of nitrogens with zero attached hydrogens (tertiary/aromatic N) is 2. The summed E-state index contributed by atoms with van der Waals surface area (Å²) in [4.78, 5) is 28.6. The maximum absolute atomic E-state index is 14.2. The smallest absolute Gasteiger partial charge is 0.315 e. The monoisotopic (exact) mass is 438 g/mol. The van der Waals surface area contributed by atoms with Crippen LogP contribution in [0.4, 0.5) is 14.9 Å². The number of nitrogens with one attached hydrogen (secondary N) is 2. The van der Waals surface area contributed by atoms with Crippen LogP contribution in [0.25, 0.3) is 0 Å². The molecule has 2 aromatic carbocycles. The number of benzene rings is 2. The van der Waals surface area contributed by atoms with Gasteiger partial charge in [-0.1, -0.05) is 30.3 Å². The fourth-order valence-corrected chi connectivity index (χ4v) is 4.52. The van der Waals surface area contributed by atoms with E-state index in [2.05, 4.69) is 22.8 Å². The van der Waals surface area contributed by atoms with Crippen LogP contribution in [-0.2, 0) is 17.9 Å². The minimum absolute atomic E-state index is 0.0339. The van der Waals surface area contributed by atoms with Crippen LogP contribution in [0, 0.1) is 12.7 Å². The Morgan fingerprint density at radius 3 is 2.62 bits per heavy atom. The molecule has 0 spiro atoms. The van der Waals surface area contributed by atoms with E-state index >= 15 is 0 Å². The number of hydrogen-bond donors (Lipinski definition) is 2. The summed E-state index contributed by atoms with van der Waals surface area (Å²) >= 11 is 0. The first-order valence-corrected chi connectivity index (χ1v) is 11.4. The number of anilines is 1. The highest BCUT2D eigenvalue weighted by Crippen LogP contribution is 2.25. The molecule has 170 valence electrons. The van der Waals surface area contributed by atoms with Gasteiger partial charge in [0.25, 0.3) is 0 Å². The molecule has 1 fully saturated rings. The fourth-order valence-electron chi connectivity index (χ4n) is 4.52. The molecule has 7 heteroatoms. The third-order valence-corrected chi connectivity index (χ3v) is 6.25. The molecule has 0 bridgehead atoms. The molecular weight excluding hydrogens is 407 g/mol. The third kappa shape index (κ3) is 5.39. The molecule has 3 amide bonds. The SMILES string of the molecule is Cc1ccc(F)c(N2CCCC(NC(=O)NCCCC(=O)N3Cc4ccccc4C3)C2)c1. The summed E-state index contributed by atoms with van der Waals surface area (Å²) in [7, 11) is 0. The van der Waals surface area contributed by atoms with Crippen molar-refractivity contribution >= 4 is 17.6 Å². The molecule has 32 heavy (non-hydrogen) atoms. The van der Waals surface area contributed by atoms with E-state index in [1.165, 1.54) is 17.2 Å². The molecule has 6 nitrogen and oxygen atoms in total. The molecule has 0 saturated carbocycles. The van der Waals surface area contributed by atoms with Crippen LogP contribution >= 0.6 is 0 Å². The van der Waals surface area contributed by atoms with Crippen LogP contribution < -0.4 is 15.5 Å². The van der Waals surface area contributed by atoms with Crippen LogP contribution in [0.3, 0.4) is 0 Å². The lowest BCUT2D eigenvalue weighted by atomic mass is 10.0. The molecule has 0 aromatic heterocycles. The van der Waals surface area contributed by atoms with Gasteiger partial charge in [0.1, 0.15) is 5.82 Å². The van der Waals surface area contributed by atoms with Gasteiger partial charge < -0.3 is 20.4 Å². The lowest BCUT2D eigenvalue weighted by molar-refractivity contribution is -0.131. The number of aryl methyl sites for hydroxylation is 1. The average Bonchev–Trinajstić information content (AvgIpc) is 3.23. The molecule has 0 aliphatic carbocycles. The Balaban J connectivity index is 1.17. The average molecular weight is 439 g/mol. The highest BCUT2D eigenvalue weighted by atomic mass is 19.1. The Kier molecular flexibility index (Phi) is 6.93. The van der Waals surface area contributed by atoms with E-state index in [1.807, 2.05) is 34.9 Å². The number of carbonyl (C=O) groups excluding carboxylic acids is 2. The largest absolute Gasteiger partial charge is 0.367 e. The first-order valence-electron chi connectivity index (χ1n) is 11.4. The zero-order valence-electron chi connectivity index (χ0n) is 18.6. The van der Waals surface area contributed by atoms with Crippen molar-refractivity contribution in [2.75, 3.05) is 24.5 Å². The summed E-state index contributed by atoms with van der Waals surface area (Å²) in [5.74, 6) is -0.113. The molecule has 2 heterocycles. The van der Waals surface area contributed by atoms with Crippen LogP contribution in [0.1, 0.15) is 42.4 Å². The maximum Gasteiger partial charge on any atom is 0.315 e. The Labute approximate surface area is 188 Å². The van der Waals surface area contributed by atoms with E-state index in [0.717, 1.165) is 24.9 Å². The summed E-state index contributed by atoms with van der Waals surface area (Å²) in [6.45, 7) is 5.10. The lowest BCUT2D eigenvalue weighted by Gasteiger charge is -2.35. The van der Waals surface area contributed by atoms with E-state index < -0.39 is 0 Å². The maximum atomic E-state index is 14.2. The summed E-state index contributed by atoms with van der Waals surface area (Å²) in [5.41, 5.74) is 4.04. The zero-order valence-corrected chi connectivity index (χ0v) is 18.6. The first-order chi connectivity index (χ1) is 15.5. The van der Waals surface area contributed by atoms with E-state index in [0.29, 0.717) is 44.7 Å². The molecule has 1 atom stereocenters. The number of urea groups is 1. The van der Waals surface area contributed by atoms with Gasteiger partial charge in [-0.3, -0.25) is 4.79 Å². The van der Waals surface area contributed by atoms with Gasteiger partial charge in [-0.2, -0.15) is 0 Å². The van der Waals surface area contributed by atoms with Crippen molar-refractivity contribution in [1.82, 2.24) is 15.5 Å². The summed E-state index contributed by atoms with van der Waals surface area (Å²) in [6.07, 6.45) is 2.78. The molecule has 2 N–H and O–H groups in total. The molecule has 1 unspecified atom stereocenters. The number of hydrogen-bond acceptors (Lipinski definition) is 3. The van der Waals surface area contributed by atoms with Crippen LogP contribution in [0.2, 0.25) is 0 Å². The van der Waals surface area contributed by atoms with Crippen molar-refractivity contribution in [1.29, 1.82) is 0 Å². The Hall–Kier alpha value is -3.09.